The number of rotatable bonds is 6. The zero-order valence-electron chi connectivity index (χ0n) is 25.6. The van der Waals surface area contributed by atoms with E-state index in [1.54, 1.807) is 0 Å². The van der Waals surface area contributed by atoms with E-state index in [1.165, 1.54) is 25.0 Å². The fraction of sp³-hybridized carbons (Fsp3) is 0.812. The lowest BCUT2D eigenvalue weighted by Gasteiger charge is -2.48. The molecule has 2 atom stereocenters. The van der Waals surface area contributed by atoms with Gasteiger partial charge in [0.2, 0.25) is 0 Å². The van der Waals surface area contributed by atoms with Gasteiger partial charge in [-0.15, -0.1) is 0 Å². The molecule has 212 valence electrons. The Balaban J connectivity index is 0.000000617. The van der Waals surface area contributed by atoms with E-state index in [2.05, 4.69) is 48.5 Å². The fourth-order valence-corrected chi connectivity index (χ4v) is 5.57. The van der Waals surface area contributed by atoms with Crippen LogP contribution in [0.15, 0.2) is 0 Å². The van der Waals surface area contributed by atoms with Gasteiger partial charge in [-0.3, -0.25) is 4.98 Å². The van der Waals surface area contributed by atoms with Crippen molar-refractivity contribution in [3.05, 3.63) is 28.1 Å². The van der Waals surface area contributed by atoms with Crippen LogP contribution in [-0.2, 0) is 20.6 Å². The molecule has 0 radical (unpaired) electrons. The third-order valence-electron chi connectivity index (χ3n) is 7.56. The van der Waals surface area contributed by atoms with Gasteiger partial charge in [-0.05, 0) is 82.1 Å². The van der Waals surface area contributed by atoms with Gasteiger partial charge in [-0.2, -0.15) is 0 Å². The molecule has 1 aromatic rings. The topological polar surface area (TPSA) is 57.7 Å². The molecule has 1 aromatic heterocycles. The summed E-state index contributed by atoms with van der Waals surface area (Å²) in [5.74, 6) is 0.0216. The van der Waals surface area contributed by atoms with Gasteiger partial charge >= 0.3 is 5.97 Å². The van der Waals surface area contributed by atoms with Crippen LogP contribution in [0.4, 0.5) is 0 Å². The molecular weight excluding hydrogens is 462 g/mol. The average molecular weight is 518 g/mol. The van der Waals surface area contributed by atoms with Crippen LogP contribution in [0.2, 0.25) is 0 Å². The molecule has 3 aliphatic rings. The first-order valence-corrected chi connectivity index (χ1v) is 14.9. The first kappa shape index (κ1) is 31.8. The molecule has 0 aromatic carbocycles. The highest BCUT2D eigenvalue weighted by Gasteiger charge is 2.46. The van der Waals surface area contributed by atoms with Crippen molar-refractivity contribution in [2.24, 2.45) is 10.8 Å². The molecule has 1 unspecified atom stereocenters. The molecule has 1 saturated carbocycles. The van der Waals surface area contributed by atoms with Crippen molar-refractivity contribution in [3.63, 3.8) is 0 Å². The van der Waals surface area contributed by atoms with Crippen LogP contribution in [0.3, 0.4) is 0 Å². The number of pyridine rings is 1. The average Bonchev–Trinajstić information content (AvgIpc) is 2.83. The maximum atomic E-state index is 13.1. The number of fused-ring (bicyclic) bond motifs is 1. The second-order valence-corrected chi connectivity index (χ2v) is 12.5. The minimum absolute atomic E-state index is 0.0217. The van der Waals surface area contributed by atoms with Crippen molar-refractivity contribution in [1.82, 2.24) is 4.98 Å². The molecule has 0 bridgehead atoms. The summed E-state index contributed by atoms with van der Waals surface area (Å²) in [5.41, 5.74) is 5.81. The number of hydrogen-bond donors (Lipinski definition) is 0. The summed E-state index contributed by atoms with van der Waals surface area (Å²) in [6, 6.07) is 0. The molecule has 1 aliphatic heterocycles. The van der Waals surface area contributed by atoms with Crippen LogP contribution in [-0.4, -0.2) is 36.9 Å². The number of carbonyl (C=O) groups is 1. The predicted octanol–water partition coefficient (Wildman–Crippen LogP) is 8.51. The lowest BCUT2D eigenvalue weighted by Crippen LogP contribution is -2.40. The van der Waals surface area contributed by atoms with Crippen LogP contribution < -0.4 is 0 Å². The minimum Gasteiger partial charge on any atom is -0.462 e. The Bertz CT molecular complexity index is 857. The van der Waals surface area contributed by atoms with Gasteiger partial charge in [0.15, 0.2) is 0 Å². The summed E-state index contributed by atoms with van der Waals surface area (Å²) >= 11 is 0. The monoisotopic (exact) mass is 517 g/mol. The summed E-state index contributed by atoms with van der Waals surface area (Å²) < 4.78 is 17.6. The lowest BCUT2D eigenvalue weighted by atomic mass is 9.59. The molecule has 4 rings (SSSR count). The van der Waals surface area contributed by atoms with E-state index in [0.29, 0.717) is 23.0 Å². The Morgan fingerprint density at radius 3 is 2.22 bits per heavy atom. The Labute approximate surface area is 227 Å². The number of nitrogens with zero attached hydrogens (tertiary/aromatic N) is 1. The third-order valence-corrected chi connectivity index (χ3v) is 7.56. The molecule has 2 fully saturated rings. The minimum atomic E-state index is -0.238. The Morgan fingerprint density at radius 2 is 1.73 bits per heavy atom. The standard InChI is InChI=1S/C25H37NO4.C5H12.C2H6/c1-5-16(3)30-20-15-25(10-7-11-25)14-19-21(20)17(4)22(24(27)29-6-2)23(26-19)18-8-12-28-13-9-18;1-5(2,3)4;1-2/h16,18,20H,5-15H2,1-4H3;1-4H3;1-2H3/t16?,20-;;/m0../s1. The molecule has 2 heterocycles. The van der Waals surface area contributed by atoms with Gasteiger partial charge in [-0.25, -0.2) is 4.79 Å². The van der Waals surface area contributed by atoms with E-state index >= 15 is 0 Å². The molecule has 1 spiro atoms. The van der Waals surface area contributed by atoms with Crippen LogP contribution in [0.25, 0.3) is 0 Å². The summed E-state index contributed by atoms with van der Waals surface area (Å²) in [6.45, 7) is 22.8. The summed E-state index contributed by atoms with van der Waals surface area (Å²) in [6.07, 6.45) is 8.92. The number of carbonyl (C=O) groups excluding carboxylic acids is 1. The van der Waals surface area contributed by atoms with Crippen LogP contribution in [0, 0.1) is 17.8 Å². The number of esters is 1. The largest absolute Gasteiger partial charge is 0.462 e. The highest BCUT2D eigenvalue weighted by Crippen LogP contribution is 2.55. The van der Waals surface area contributed by atoms with Gasteiger partial charge in [-0.1, -0.05) is 54.9 Å². The first-order valence-electron chi connectivity index (χ1n) is 14.9. The van der Waals surface area contributed by atoms with Crippen molar-refractivity contribution in [2.45, 2.75) is 139 Å². The number of ether oxygens (including phenoxy) is 3. The van der Waals surface area contributed by atoms with Gasteiger partial charge in [0, 0.05) is 30.4 Å². The predicted molar refractivity (Wildman–Crippen MR) is 152 cm³/mol. The van der Waals surface area contributed by atoms with E-state index in [1.807, 2.05) is 20.8 Å². The second kappa shape index (κ2) is 14.1. The smallest absolute Gasteiger partial charge is 0.340 e. The van der Waals surface area contributed by atoms with E-state index in [4.69, 9.17) is 19.2 Å². The molecule has 0 N–H and O–H groups in total. The zero-order valence-corrected chi connectivity index (χ0v) is 25.6. The lowest BCUT2D eigenvalue weighted by molar-refractivity contribution is -0.0590. The van der Waals surface area contributed by atoms with Gasteiger partial charge in [0.05, 0.1) is 30.1 Å². The fourth-order valence-electron chi connectivity index (χ4n) is 5.57. The van der Waals surface area contributed by atoms with Gasteiger partial charge in [0.25, 0.3) is 0 Å². The normalized spacial score (nSPS) is 21.4. The van der Waals surface area contributed by atoms with E-state index < -0.39 is 0 Å². The maximum Gasteiger partial charge on any atom is 0.340 e. The van der Waals surface area contributed by atoms with Crippen molar-refractivity contribution in [3.8, 4) is 0 Å². The molecule has 5 nitrogen and oxygen atoms in total. The summed E-state index contributed by atoms with van der Waals surface area (Å²) in [5, 5.41) is 0. The molecule has 0 amide bonds. The maximum absolute atomic E-state index is 13.1. The highest BCUT2D eigenvalue weighted by atomic mass is 16.5. The molecule has 2 aliphatic carbocycles. The SMILES string of the molecule is CC.CC(C)(C)C.CCOC(=O)c1c(C2CCOCC2)nc2c(c1C)[C@@H](OC(C)CC)CC1(CCC1)C2. The van der Waals surface area contributed by atoms with E-state index in [0.717, 1.165) is 62.1 Å². The zero-order chi connectivity index (χ0) is 27.8. The van der Waals surface area contributed by atoms with Crippen molar-refractivity contribution >= 4 is 5.97 Å². The van der Waals surface area contributed by atoms with E-state index in [9.17, 15) is 4.79 Å². The third kappa shape index (κ3) is 8.51. The van der Waals surface area contributed by atoms with Gasteiger partial charge in [0.1, 0.15) is 0 Å². The molecule has 5 heteroatoms. The number of hydrogen-bond acceptors (Lipinski definition) is 5. The van der Waals surface area contributed by atoms with Crippen molar-refractivity contribution in [2.75, 3.05) is 19.8 Å². The second-order valence-electron chi connectivity index (χ2n) is 12.5. The number of aromatic nitrogens is 1. The van der Waals surface area contributed by atoms with Crippen LogP contribution in [0.1, 0.15) is 152 Å². The van der Waals surface area contributed by atoms with Crippen LogP contribution in [0.5, 0.6) is 0 Å². The summed E-state index contributed by atoms with van der Waals surface area (Å²) in [7, 11) is 0. The van der Waals surface area contributed by atoms with Crippen molar-refractivity contribution in [1.29, 1.82) is 0 Å². The van der Waals surface area contributed by atoms with Crippen molar-refractivity contribution < 1.29 is 19.0 Å². The highest BCUT2D eigenvalue weighted by molar-refractivity contribution is 5.93. The first-order chi connectivity index (χ1) is 17.5. The van der Waals surface area contributed by atoms with Gasteiger partial charge < -0.3 is 14.2 Å². The summed E-state index contributed by atoms with van der Waals surface area (Å²) in [4.78, 5) is 18.3. The quantitative estimate of drug-likeness (QED) is 0.354. The molecule has 37 heavy (non-hydrogen) atoms. The molecular formula is C32H55NO4. The Morgan fingerprint density at radius 1 is 1.14 bits per heavy atom. The Hall–Kier alpha value is -1.46. The molecule has 1 saturated heterocycles. The van der Waals surface area contributed by atoms with Crippen LogP contribution >= 0.6 is 0 Å². The Kier molecular flexibility index (Phi) is 12.1. The van der Waals surface area contributed by atoms with E-state index in [-0.39, 0.29) is 24.1 Å².